The zero-order valence-electron chi connectivity index (χ0n) is 17.3. The van der Waals surface area contributed by atoms with E-state index in [-0.39, 0.29) is 16.7 Å². The molecule has 5 nitrogen and oxygen atoms in total. The van der Waals surface area contributed by atoms with Crippen molar-refractivity contribution in [3.63, 3.8) is 0 Å². The Kier molecular flexibility index (Phi) is 6.53. The van der Waals surface area contributed by atoms with Crippen LogP contribution in [0.3, 0.4) is 0 Å². The Morgan fingerprint density at radius 3 is 2.40 bits per heavy atom. The van der Waals surface area contributed by atoms with Gasteiger partial charge in [0.05, 0.1) is 22.7 Å². The molecule has 0 spiro atoms. The van der Waals surface area contributed by atoms with Crippen LogP contribution in [0.25, 0.3) is 10.9 Å². The highest BCUT2D eigenvalue weighted by molar-refractivity contribution is 8.00. The summed E-state index contributed by atoms with van der Waals surface area (Å²) in [7, 11) is 0. The van der Waals surface area contributed by atoms with Crippen LogP contribution >= 0.6 is 11.8 Å². The van der Waals surface area contributed by atoms with Gasteiger partial charge in [0, 0.05) is 13.1 Å². The van der Waals surface area contributed by atoms with Crippen molar-refractivity contribution >= 4 is 28.6 Å². The molecule has 1 atom stereocenters. The minimum atomic E-state index is -0.293. The van der Waals surface area contributed by atoms with Crippen molar-refractivity contribution < 1.29 is 4.79 Å². The molecule has 1 aliphatic rings. The van der Waals surface area contributed by atoms with Gasteiger partial charge in [0.1, 0.15) is 0 Å². The predicted molar refractivity (Wildman–Crippen MR) is 122 cm³/mol. The largest absolute Gasteiger partial charge is 0.342 e. The number of carbonyl (C=O) groups excluding carboxylic acids is 1. The van der Waals surface area contributed by atoms with Gasteiger partial charge in [-0.15, -0.1) is 0 Å². The number of fused-ring (bicyclic) bond motifs is 1. The van der Waals surface area contributed by atoms with E-state index in [9.17, 15) is 9.59 Å². The van der Waals surface area contributed by atoms with E-state index in [0.717, 1.165) is 31.5 Å². The van der Waals surface area contributed by atoms with E-state index < -0.39 is 0 Å². The summed E-state index contributed by atoms with van der Waals surface area (Å²) in [5, 5.41) is 0.903. The number of nitrogens with zero attached hydrogens (tertiary/aromatic N) is 3. The molecule has 0 aliphatic carbocycles. The number of benzene rings is 2. The number of likely N-dealkylation sites (tertiary alicyclic amines) is 1. The van der Waals surface area contributed by atoms with Crippen LogP contribution in [0.5, 0.6) is 0 Å². The number of hydrogen-bond donors (Lipinski definition) is 0. The molecule has 3 aromatic rings. The second-order valence-electron chi connectivity index (χ2n) is 7.79. The van der Waals surface area contributed by atoms with Crippen molar-refractivity contribution in [3.05, 3.63) is 70.5 Å². The van der Waals surface area contributed by atoms with E-state index >= 15 is 0 Å². The minimum Gasteiger partial charge on any atom is -0.342 e. The van der Waals surface area contributed by atoms with Gasteiger partial charge >= 0.3 is 0 Å². The molecule has 156 valence electrons. The molecule has 0 bridgehead atoms. The standard InChI is InChI=1S/C24H27N3O2S/c1-18(22(28)26-15-9-2-3-10-16-26)30-24-25-21-14-8-7-13-20(21)23(29)27(24)17-19-11-5-4-6-12-19/h4-8,11-14,18H,2-3,9-10,15-17H2,1H3. The Balaban J connectivity index is 1.67. The lowest BCUT2D eigenvalue weighted by atomic mass is 10.2. The third-order valence-electron chi connectivity index (χ3n) is 5.56. The molecule has 1 saturated heterocycles. The van der Waals surface area contributed by atoms with Crippen molar-refractivity contribution in [1.29, 1.82) is 0 Å². The van der Waals surface area contributed by atoms with Crippen LogP contribution in [-0.4, -0.2) is 38.7 Å². The summed E-state index contributed by atoms with van der Waals surface area (Å²) in [4.78, 5) is 33.1. The van der Waals surface area contributed by atoms with Crippen molar-refractivity contribution in [2.24, 2.45) is 0 Å². The molecule has 6 heteroatoms. The molecule has 4 rings (SSSR count). The van der Waals surface area contributed by atoms with Crippen molar-refractivity contribution in [2.45, 2.75) is 49.6 Å². The van der Waals surface area contributed by atoms with E-state index in [4.69, 9.17) is 4.98 Å². The summed E-state index contributed by atoms with van der Waals surface area (Å²) in [6, 6.07) is 17.3. The summed E-state index contributed by atoms with van der Waals surface area (Å²) in [5.41, 5.74) is 1.63. The van der Waals surface area contributed by atoms with Gasteiger partial charge in [0.15, 0.2) is 5.16 Å². The molecule has 1 amide bonds. The number of amides is 1. The Labute approximate surface area is 181 Å². The number of thioether (sulfide) groups is 1. The van der Waals surface area contributed by atoms with E-state index in [1.165, 1.54) is 24.6 Å². The van der Waals surface area contributed by atoms with Crippen LogP contribution in [0.15, 0.2) is 64.5 Å². The average molecular weight is 422 g/mol. The molecule has 1 unspecified atom stereocenters. The van der Waals surface area contributed by atoms with E-state index in [1.54, 1.807) is 4.57 Å². The van der Waals surface area contributed by atoms with Gasteiger partial charge in [-0.2, -0.15) is 0 Å². The number of para-hydroxylation sites is 1. The zero-order chi connectivity index (χ0) is 20.9. The molecule has 1 aliphatic heterocycles. The van der Waals surface area contributed by atoms with Crippen molar-refractivity contribution in [2.75, 3.05) is 13.1 Å². The predicted octanol–water partition coefficient (Wildman–Crippen LogP) is 4.33. The van der Waals surface area contributed by atoms with Gasteiger partial charge in [-0.25, -0.2) is 4.98 Å². The topological polar surface area (TPSA) is 55.2 Å². The maximum atomic E-state index is 13.3. The fourth-order valence-electron chi connectivity index (χ4n) is 3.90. The molecule has 30 heavy (non-hydrogen) atoms. The quantitative estimate of drug-likeness (QED) is 0.455. The highest BCUT2D eigenvalue weighted by atomic mass is 32.2. The van der Waals surface area contributed by atoms with Gasteiger partial charge in [-0.1, -0.05) is 67.1 Å². The van der Waals surface area contributed by atoms with Gasteiger partial charge in [-0.05, 0) is 37.5 Å². The number of hydrogen-bond acceptors (Lipinski definition) is 4. The van der Waals surface area contributed by atoms with Crippen molar-refractivity contribution in [3.8, 4) is 0 Å². The molecule has 0 radical (unpaired) electrons. The minimum absolute atomic E-state index is 0.0682. The van der Waals surface area contributed by atoms with Crippen LogP contribution in [0.2, 0.25) is 0 Å². The maximum Gasteiger partial charge on any atom is 0.262 e. The summed E-state index contributed by atoms with van der Waals surface area (Å²) in [5.74, 6) is 0.135. The first kappa shape index (κ1) is 20.7. The van der Waals surface area contributed by atoms with Crippen LogP contribution in [0.1, 0.15) is 38.2 Å². The lowest BCUT2D eigenvalue weighted by Crippen LogP contribution is -2.37. The molecule has 1 aromatic heterocycles. The first-order valence-corrected chi connectivity index (χ1v) is 11.5. The van der Waals surface area contributed by atoms with Crippen LogP contribution < -0.4 is 5.56 Å². The second-order valence-corrected chi connectivity index (χ2v) is 9.10. The fourth-order valence-corrected chi connectivity index (χ4v) is 4.89. The summed E-state index contributed by atoms with van der Waals surface area (Å²) in [6.07, 6.45) is 4.51. The summed E-state index contributed by atoms with van der Waals surface area (Å²) >= 11 is 1.39. The molecule has 2 heterocycles. The van der Waals surface area contributed by atoms with Gasteiger partial charge < -0.3 is 4.90 Å². The highest BCUT2D eigenvalue weighted by Crippen LogP contribution is 2.25. The number of rotatable bonds is 5. The molecular formula is C24H27N3O2S. The number of carbonyl (C=O) groups is 1. The first-order chi connectivity index (χ1) is 14.6. The van der Waals surface area contributed by atoms with Gasteiger partial charge in [0.25, 0.3) is 5.56 Å². The summed E-state index contributed by atoms with van der Waals surface area (Å²) in [6.45, 7) is 4.01. The average Bonchev–Trinajstić information content (AvgIpc) is 3.06. The van der Waals surface area contributed by atoms with E-state index in [2.05, 4.69) is 0 Å². The Bertz CT molecular complexity index is 1070. The third kappa shape index (κ3) is 4.59. The monoisotopic (exact) mass is 421 g/mol. The molecular weight excluding hydrogens is 394 g/mol. The molecule has 2 aromatic carbocycles. The lowest BCUT2D eigenvalue weighted by molar-refractivity contribution is -0.130. The SMILES string of the molecule is CC(Sc1nc2ccccc2c(=O)n1Cc1ccccc1)C(=O)N1CCCCCC1. The lowest BCUT2D eigenvalue weighted by Gasteiger charge is -2.24. The normalized spacial score (nSPS) is 15.7. The Morgan fingerprint density at radius 1 is 1.00 bits per heavy atom. The van der Waals surface area contributed by atoms with E-state index in [1.807, 2.05) is 66.4 Å². The fraction of sp³-hybridized carbons (Fsp3) is 0.375. The first-order valence-electron chi connectivity index (χ1n) is 10.6. The van der Waals surface area contributed by atoms with Crippen LogP contribution in [0, 0.1) is 0 Å². The molecule has 1 fully saturated rings. The van der Waals surface area contributed by atoms with Crippen LogP contribution in [-0.2, 0) is 11.3 Å². The molecule has 0 N–H and O–H groups in total. The summed E-state index contributed by atoms with van der Waals surface area (Å²) < 4.78 is 1.70. The number of aromatic nitrogens is 2. The van der Waals surface area contributed by atoms with E-state index in [0.29, 0.717) is 22.6 Å². The Morgan fingerprint density at radius 2 is 1.67 bits per heavy atom. The van der Waals surface area contributed by atoms with Gasteiger partial charge in [-0.3, -0.25) is 14.2 Å². The van der Waals surface area contributed by atoms with Gasteiger partial charge in [0.2, 0.25) is 5.91 Å². The zero-order valence-corrected chi connectivity index (χ0v) is 18.1. The highest BCUT2D eigenvalue weighted by Gasteiger charge is 2.24. The van der Waals surface area contributed by atoms with Crippen LogP contribution in [0.4, 0.5) is 0 Å². The molecule has 0 saturated carbocycles. The third-order valence-corrected chi connectivity index (χ3v) is 6.64. The maximum absolute atomic E-state index is 13.3. The second kappa shape index (κ2) is 9.47. The van der Waals surface area contributed by atoms with Crippen molar-refractivity contribution in [1.82, 2.24) is 14.5 Å². The Hall–Kier alpha value is -2.60. The smallest absolute Gasteiger partial charge is 0.262 e.